The molecule has 7 nitrogen and oxygen atoms in total. The van der Waals surface area contributed by atoms with Crippen LogP contribution < -0.4 is 5.32 Å². The van der Waals surface area contributed by atoms with E-state index in [2.05, 4.69) is 10.4 Å². The molecule has 1 N–H and O–H groups in total. The van der Waals surface area contributed by atoms with Gasteiger partial charge in [0, 0.05) is 13.6 Å². The van der Waals surface area contributed by atoms with E-state index in [4.69, 9.17) is 0 Å². The molecule has 8 heteroatoms. The maximum Gasteiger partial charge on any atom is 0.333 e. The van der Waals surface area contributed by atoms with Crippen LogP contribution in [-0.4, -0.2) is 40.2 Å². The molecule has 0 saturated heterocycles. The van der Waals surface area contributed by atoms with Crippen molar-refractivity contribution in [1.82, 2.24) is 14.7 Å². The molecule has 0 aliphatic rings. The summed E-state index contributed by atoms with van der Waals surface area (Å²) in [6, 6.07) is 6.19. The minimum absolute atomic E-state index is 0.0108. The highest BCUT2D eigenvalue weighted by atomic mass is 19.1. The fourth-order valence-corrected chi connectivity index (χ4v) is 2.67. The largest absolute Gasteiger partial charge is 0.363 e. The van der Waals surface area contributed by atoms with Gasteiger partial charge >= 0.3 is 5.69 Å². The molecule has 130 valence electrons. The molecule has 0 aliphatic heterocycles. The van der Waals surface area contributed by atoms with E-state index < -0.39 is 4.92 Å². The van der Waals surface area contributed by atoms with Gasteiger partial charge in [0.2, 0.25) is 5.82 Å². The number of benzene rings is 1. The number of hydrogen-bond acceptors (Lipinski definition) is 5. The third kappa shape index (κ3) is 3.70. The quantitative estimate of drug-likeness (QED) is 0.622. The van der Waals surface area contributed by atoms with Crippen LogP contribution in [0.1, 0.15) is 24.2 Å². The second-order valence-electron chi connectivity index (χ2n) is 5.79. The lowest BCUT2D eigenvalue weighted by Crippen LogP contribution is -2.27. The van der Waals surface area contributed by atoms with Gasteiger partial charge < -0.3 is 10.2 Å². The normalized spacial score (nSPS) is 12.4. The number of nitrogens with one attached hydrogen (secondary N) is 1. The Morgan fingerprint density at radius 3 is 2.50 bits per heavy atom. The van der Waals surface area contributed by atoms with Gasteiger partial charge in [0.05, 0.1) is 11.0 Å². The van der Waals surface area contributed by atoms with Crippen molar-refractivity contribution in [1.29, 1.82) is 0 Å². The molecule has 0 radical (unpaired) electrons. The first-order valence-electron chi connectivity index (χ1n) is 7.71. The molecule has 0 amide bonds. The molecule has 1 atom stereocenters. The molecule has 1 aromatic heterocycles. The molecule has 0 fully saturated rings. The van der Waals surface area contributed by atoms with Gasteiger partial charge in [-0.3, -0.25) is 10.1 Å². The van der Waals surface area contributed by atoms with Gasteiger partial charge in [-0.05, 0) is 38.2 Å². The highest BCUT2D eigenvalue weighted by Crippen LogP contribution is 2.29. The van der Waals surface area contributed by atoms with Gasteiger partial charge in [-0.2, -0.15) is 5.10 Å². The first-order chi connectivity index (χ1) is 11.3. The average Bonchev–Trinajstić information content (AvgIpc) is 2.85. The number of nitro groups is 1. The van der Waals surface area contributed by atoms with Crippen LogP contribution >= 0.6 is 0 Å². The molecule has 0 spiro atoms. The molecule has 1 unspecified atom stereocenters. The summed E-state index contributed by atoms with van der Waals surface area (Å²) in [6.07, 6.45) is 0.487. The molecular formula is C16H22FN5O2. The minimum atomic E-state index is -0.406. The SMILES string of the molecule is CCc1nn(C)c(NCC(c2ccc(F)cc2)N(C)C)c1[N+](=O)[O-]. The Kier molecular flexibility index (Phi) is 5.50. The van der Waals surface area contributed by atoms with Gasteiger partial charge in [-0.25, -0.2) is 9.07 Å². The number of halogens is 1. The summed E-state index contributed by atoms with van der Waals surface area (Å²) in [4.78, 5) is 12.9. The van der Waals surface area contributed by atoms with E-state index in [1.807, 2.05) is 25.9 Å². The predicted molar refractivity (Wildman–Crippen MR) is 90.6 cm³/mol. The van der Waals surface area contributed by atoms with Crippen molar-refractivity contribution in [3.8, 4) is 0 Å². The third-order valence-corrected chi connectivity index (χ3v) is 3.95. The summed E-state index contributed by atoms with van der Waals surface area (Å²) >= 11 is 0. The number of aryl methyl sites for hydroxylation is 2. The van der Waals surface area contributed by atoms with Gasteiger partial charge in [0.1, 0.15) is 11.5 Å². The van der Waals surface area contributed by atoms with Crippen molar-refractivity contribution < 1.29 is 9.31 Å². The monoisotopic (exact) mass is 335 g/mol. The van der Waals surface area contributed by atoms with Crippen LogP contribution in [-0.2, 0) is 13.5 Å². The van der Waals surface area contributed by atoms with Gasteiger partial charge in [0.25, 0.3) is 0 Å². The van der Waals surface area contributed by atoms with E-state index in [0.717, 1.165) is 5.56 Å². The van der Waals surface area contributed by atoms with E-state index in [1.54, 1.807) is 19.2 Å². The van der Waals surface area contributed by atoms with Crippen molar-refractivity contribution in [3.63, 3.8) is 0 Å². The smallest absolute Gasteiger partial charge is 0.333 e. The first kappa shape index (κ1) is 17.9. The maximum atomic E-state index is 13.1. The summed E-state index contributed by atoms with van der Waals surface area (Å²) < 4.78 is 14.6. The molecule has 0 bridgehead atoms. The Morgan fingerprint density at radius 1 is 1.38 bits per heavy atom. The van der Waals surface area contributed by atoms with Crippen molar-refractivity contribution in [2.75, 3.05) is 26.0 Å². The van der Waals surface area contributed by atoms with Crippen LogP contribution in [0.5, 0.6) is 0 Å². The van der Waals surface area contributed by atoms with Crippen LogP contribution in [0.4, 0.5) is 15.9 Å². The van der Waals surface area contributed by atoms with Crippen molar-refractivity contribution >= 4 is 11.5 Å². The van der Waals surface area contributed by atoms with E-state index >= 15 is 0 Å². The molecule has 1 aromatic carbocycles. The number of nitrogens with zero attached hydrogens (tertiary/aromatic N) is 4. The average molecular weight is 335 g/mol. The lowest BCUT2D eigenvalue weighted by molar-refractivity contribution is -0.384. The number of hydrogen-bond donors (Lipinski definition) is 1. The standard InChI is InChI=1S/C16H22FN5O2/c1-5-13-15(22(23)24)16(21(4)19-13)18-10-14(20(2)3)11-6-8-12(17)9-7-11/h6-9,14,18H,5,10H2,1-4H3. The molecule has 1 heterocycles. The third-order valence-electron chi connectivity index (χ3n) is 3.95. The fraction of sp³-hybridized carbons (Fsp3) is 0.438. The minimum Gasteiger partial charge on any atom is -0.363 e. The summed E-state index contributed by atoms with van der Waals surface area (Å²) in [6.45, 7) is 2.27. The molecule has 2 aromatic rings. The van der Waals surface area contributed by atoms with E-state index in [-0.39, 0.29) is 17.5 Å². The number of aromatic nitrogens is 2. The molecule has 0 saturated carbocycles. The zero-order chi connectivity index (χ0) is 17.9. The Balaban J connectivity index is 2.26. The topological polar surface area (TPSA) is 76.2 Å². The van der Waals surface area contributed by atoms with Crippen molar-refractivity contribution in [2.24, 2.45) is 7.05 Å². The van der Waals surface area contributed by atoms with Crippen molar-refractivity contribution in [2.45, 2.75) is 19.4 Å². The summed E-state index contributed by atoms with van der Waals surface area (Å²) in [5.41, 5.74) is 1.39. The number of anilines is 1. The van der Waals surface area contributed by atoms with Crippen LogP contribution in [0.3, 0.4) is 0 Å². The van der Waals surface area contributed by atoms with Crippen molar-refractivity contribution in [3.05, 3.63) is 51.5 Å². The predicted octanol–water partition coefficient (Wildman–Crippen LogP) is 2.74. The molecule has 2 rings (SSSR count). The Morgan fingerprint density at radius 2 is 2.00 bits per heavy atom. The Labute approximate surface area is 140 Å². The zero-order valence-corrected chi connectivity index (χ0v) is 14.3. The summed E-state index contributed by atoms with van der Waals surface area (Å²) in [5, 5.41) is 18.7. The van der Waals surface area contributed by atoms with Gasteiger partial charge in [-0.15, -0.1) is 0 Å². The number of likely N-dealkylation sites (N-methyl/N-ethyl adjacent to an activating group) is 1. The zero-order valence-electron chi connectivity index (χ0n) is 14.3. The van der Waals surface area contributed by atoms with Crippen LogP contribution in [0.25, 0.3) is 0 Å². The fourth-order valence-electron chi connectivity index (χ4n) is 2.67. The molecular weight excluding hydrogens is 313 g/mol. The Bertz CT molecular complexity index is 712. The van der Waals surface area contributed by atoms with Crippen LogP contribution in [0, 0.1) is 15.9 Å². The highest BCUT2D eigenvalue weighted by molar-refractivity contribution is 5.60. The van der Waals surface area contributed by atoms with Crippen LogP contribution in [0.15, 0.2) is 24.3 Å². The van der Waals surface area contributed by atoms with E-state index in [9.17, 15) is 14.5 Å². The highest BCUT2D eigenvalue weighted by Gasteiger charge is 2.26. The van der Waals surface area contributed by atoms with Gasteiger partial charge in [0.15, 0.2) is 0 Å². The lowest BCUT2D eigenvalue weighted by atomic mass is 10.1. The van der Waals surface area contributed by atoms with E-state index in [1.165, 1.54) is 16.8 Å². The summed E-state index contributed by atoms with van der Waals surface area (Å²) in [5.74, 6) is 0.0879. The van der Waals surface area contributed by atoms with Crippen LogP contribution in [0.2, 0.25) is 0 Å². The number of rotatable bonds is 7. The molecule has 24 heavy (non-hydrogen) atoms. The first-order valence-corrected chi connectivity index (χ1v) is 7.71. The lowest BCUT2D eigenvalue weighted by Gasteiger charge is -2.25. The molecule has 0 aliphatic carbocycles. The van der Waals surface area contributed by atoms with Gasteiger partial charge in [-0.1, -0.05) is 19.1 Å². The maximum absolute atomic E-state index is 13.1. The Hall–Kier alpha value is -2.48. The summed E-state index contributed by atoms with van der Waals surface area (Å²) in [7, 11) is 5.49. The van der Waals surface area contributed by atoms with E-state index in [0.29, 0.717) is 24.5 Å². The second-order valence-corrected chi connectivity index (χ2v) is 5.79. The second kappa shape index (κ2) is 7.39.